The second kappa shape index (κ2) is 18.3. The summed E-state index contributed by atoms with van der Waals surface area (Å²) in [6, 6.07) is 0. The minimum atomic E-state index is -5.15. The first-order valence-corrected chi connectivity index (χ1v) is 18.7. The quantitative estimate of drug-likeness (QED) is 0.0534. The number of hydrogen-bond donors (Lipinski definition) is 8. The van der Waals surface area contributed by atoms with Crippen molar-refractivity contribution < 1.29 is 117 Å². The van der Waals surface area contributed by atoms with Crippen molar-refractivity contribution >= 4 is 33.7 Å². The first-order chi connectivity index (χ1) is 25.1. The lowest BCUT2D eigenvalue weighted by atomic mass is 9.84. The molecule has 3 saturated heterocycles. The van der Waals surface area contributed by atoms with Gasteiger partial charge in [0.2, 0.25) is 12.6 Å². The van der Waals surface area contributed by atoms with Crippen LogP contribution in [0, 0.1) is 17.8 Å². The average Bonchev–Trinajstić information content (AvgIpc) is 3.08. The molecule has 0 aromatic rings. The van der Waals surface area contributed by atoms with Gasteiger partial charge in [-0.15, -0.1) is 0 Å². The summed E-state index contributed by atoms with van der Waals surface area (Å²) in [4.78, 5) is 22.3. The van der Waals surface area contributed by atoms with Crippen LogP contribution in [0.25, 0.3) is 0 Å². The Labute approximate surface area is 307 Å². The molecule has 4 aliphatic rings. The van der Waals surface area contributed by atoms with Crippen LogP contribution in [0.3, 0.4) is 0 Å². The van der Waals surface area contributed by atoms with Crippen LogP contribution >= 0.6 is 0 Å². The molecular formula is C27H42O25S2. The van der Waals surface area contributed by atoms with Crippen LogP contribution in [-0.2, 0) is 81.4 Å². The highest BCUT2D eigenvalue weighted by Crippen LogP contribution is 2.38. The maximum atomic E-state index is 11.5. The normalized spacial score (nSPS) is 43.4. The molecule has 0 aliphatic carbocycles. The van der Waals surface area contributed by atoms with Gasteiger partial charge < -0.3 is 73.3 Å². The van der Waals surface area contributed by atoms with E-state index in [1.54, 1.807) is 13.8 Å². The van der Waals surface area contributed by atoms with E-state index in [1.807, 2.05) is 0 Å². The Kier molecular flexibility index (Phi) is 15.1. The molecule has 3 fully saturated rings. The Morgan fingerprint density at radius 2 is 1.20 bits per heavy atom. The van der Waals surface area contributed by atoms with Crippen LogP contribution in [0.1, 0.15) is 20.8 Å². The van der Waals surface area contributed by atoms with E-state index in [2.05, 4.69) is 13.1 Å². The molecule has 54 heavy (non-hydrogen) atoms. The number of aliphatic hydroxyl groups excluding tert-OH is 6. The number of rotatable bonds is 16. The molecule has 27 heteroatoms. The Hall–Kier alpha value is -2.26. The highest BCUT2D eigenvalue weighted by molar-refractivity contribution is 7.81. The molecule has 0 radical (unpaired) electrons. The van der Waals surface area contributed by atoms with Gasteiger partial charge in [0.25, 0.3) is 12.4 Å². The van der Waals surface area contributed by atoms with Crippen molar-refractivity contribution in [3.8, 4) is 0 Å². The summed E-state index contributed by atoms with van der Waals surface area (Å²) in [6.07, 6.45) is -25.5. The molecular weight excluding hydrogens is 788 g/mol. The van der Waals surface area contributed by atoms with E-state index in [-0.39, 0.29) is 12.9 Å². The van der Waals surface area contributed by atoms with E-state index < -0.39 is 150 Å². The van der Waals surface area contributed by atoms with Crippen LogP contribution in [0.4, 0.5) is 0 Å². The number of ether oxygens (including phenoxy) is 9. The summed E-state index contributed by atoms with van der Waals surface area (Å²) in [5, 5.41) is 64.4. The molecule has 0 aromatic heterocycles. The fraction of sp³-hybridized carbons (Fsp3) is 0.852. The second-order valence-electron chi connectivity index (χ2n) is 12.7. The zero-order valence-electron chi connectivity index (χ0n) is 28.4. The number of carbonyl (C=O) groups is 2. The molecule has 8 N–H and O–H groups in total. The summed E-state index contributed by atoms with van der Waals surface area (Å²) >= 11 is 0. The molecule has 4 rings (SSSR count). The van der Waals surface area contributed by atoms with Crippen molar-refractivity contribution in [1.29, 1.82) is 0 Å². The Bertz CT molecular complexity index is 1510. The molecule has 0 aromatic carbocycles. The van der Waals surface area contributed by atoms with Crippen LogP contribution in [-0.4, -0.2) is 175 Å². The summed E-state index contributed by atoms with van der Waals surface area (Å²) in [6.45, 7) is 2.25. The summed E-state index contributed by atoms with van der Waals surface area (Å²) in [5.41, 5.74) is 0. The molecule has 4 aliphatic heterocycles. The lowest BCUT2D eigenvalue weighted by molar-refractivity contribution is -0.395. The predicted octanol–water partition coefficient (Wildman–Crippen LogP) is -4.84. The van der Waals surface area contributed by atoms with Gasteiger partial charge in [-0.25, -0.2) is 8.37 Å². The average molecular weight is 831 g/mol. The number of hydrogen-bond acceptors (Lipinski definition) is 23. The van der Waals surface area contributed by atoms with E-state index in [0.717, 1.165) is 6.08 Å². The van der Waals surface area contributed by atoms with Crippen molar-refractivity contribution in [2.75, 3.05) is 13.2 Å². The van der Waals surface area contributed by atoms with Crippen molar-refractivity contribution in [2.24, 2.45) is 17.8 Å². The largest absolute Gasteiger partial charge is 0.435 e. The van der Waals surface area contributed by atoms with Gasteiger partial charge in [-0.3, -0.25) is 18.7 Å². The van der Waals surface area contributed by atoms with Crippen molar-refractivity contribution in [2.45, 2.75) is 113 Å². The van der Waals surface area contributed by atoms with Gasteiger partial charge in [0.1, 0.15) is 42.7 Å². The Balaban J connectivity index is 1.54. The molecule has 0 saturated carbocycles. The van der Waals surface area contributed by atoms with Crippen molar-refractivity contribution in [3.63, 3.8) is 0 Å². The molecule has 0 spiro atoms. The lowest BCUT2D eigenvalue weighted by Crippen LogP contribution is -2.65. The first-order valence-electron chi connectivity index (χ1n) is 16.0. The molecule has 0 bridgehead atoms. The summed E-state index contributed by atoms with van der Waals surface area (Å²) in [5.74, 6) is -3.21. The molecule has 18 atom stereocenters. The van der Waals surface area contributed by atoms with Gasteiger partial charge in [0.05, 0.1) is 25.4 Å². The maximum Gasteiger partial charge on any atom is 0.397 e. The van der Waals surface area contributed by atoms with Crippen LogP contribution in [0.5, 0.6) is 0 Å². The van der Waals surface area contributed by atoms with E-state index in [9.17, 15) is 61.6 Å². The fourth-order valence-electron chi connectivity index (χ4n) is 5.98. The van der Waals surface area contributed by atoms with Crippen LogP contribution in [0.2, 0.25) is 0 Å². The van der Waals surface area contributed by atoms with Gasteiger partial charge in [-0.05, 0) is 5.92 Å². The van der Waals surface area contributed by atoms with Gasteiger partial charge in [0, 0.05) is 17.9 Å². The highest BCUT2D eigenvalue weighted by atomic mass is 32.3. The smallest absolute Gasteiger partial charge is 0.397 e. The minimum Gasteiger partial charge on any atom is -0.435 e. The van der Waals surface area contributed by atoms with E-state index >= 15 is 0 Å². The van der Waals surface area contributed by atoms with Gasteiger partial charge in [0.15, 0.2) is 25.0 Å². The zero-order valence-corrected chi connectivity index (χ0v) is 30.0. The Morgan fingerprint density at radius 3 is 1.78 bits per heavy atom. The van der Waals surface area contributed by atoms with Crippen LogP contribution in [0.15, 0.2) is 12.0 Å². The second-order valence-corrected chi connectivity index (χ2v) is 14.8. The van der Waals surface area contributed by atoms with Crippen molar-refractivity contribution in [3.05, 3.63) is 12.0 Å². The lowest BCUT2D eigenvalue weighted by Gasteiger charge is -2.49. The van der Waals surface area contributed by atoms with Gasteiger partial charge >= 0.3 is 27.3 Å². The monoisotopic (exact) mass is 830 g/mol. The topological polar surface area (TPSA) is 366 Å². The van der Waals surface area contributed by atoms with E-state index in [0.29, 0.717) is 0 Å². The summed E-state index contributed by atoms with van der Waals surface area (Å²) in [7, 11) is -10.1. The molecule has 25 nitrogen and oxygen atoms in total. The van der Waals surface area contributed by atoms with Gasteiger partial charge in [-0.2, -0.15) is 16.8 Å². The van der Waals surface area contributed by atoms with Crippen molar-refractivity contribution in [1.82, 2.24) is 0 Å². The van der Waals surface area contributed by atoms with E-state index in [1.165, 1.54) is 6.92 Å². The molecule has 4 heterocycles. The maximum absolute atomic E-state index is 11.5. The SMILES string of the molecule is CC1C(O)OC(COS(=O)(=O)O)[C@@H](O[C@@H]2OC(OC=O)[C@@H](O[C@@H]3OC(COS(=O)(=O)O)[C@@H](O[C@@H]4OC(OC=O)=CC(O)[C@@H]4O)[C@H](O)C3C)[C@H](O)C2O)[C@@H]1C. The predicted molar refractivity (Wildman–Crippen MR) is 163 cm³/mol. The third-order valence-corrected chi connectivity index (χ3v) is 9.99. The van der Waals surface area contributed by atoms with E-state index in [4.69, 9.17) is 42.4 Å². The molecule has 312 valence electrons. The zero-order chi connectivity index (χ0) is 40.3. The Morgan fingerprint density at radius 1 is 0.630 bits per heavy atom. The standard InChI is InChI=1S/C27H42O25S2/c1-9-10(2)23(35)46-13(5-44-53(36,37)38)20(9)49-26-19(34)18(33)22(27(52-26)43-8-29)51-24-11(3)16(31)21(14(47-24)6-45-54(39,40)41)50-25-17(32)12(30)4-15(48-25)42-7-28/h4,7-14,16-27,30-35H,5-6H2,1-3H3,(H,36,37,38)(H,39,40,41)/t9-,10?,11?,12?,13?,14?,16-,17+,18-,19?,20+,21-,22+,23?,24+,25+,26-,27?/m1/s1. The third kappa shape index (κ3) is 11.0. The fourth-order valence-corrected chi connectivity index (χ4v) is 6.59. The minimum absolute atomic E-state index is 0.0645. The number of aliphatic hydroxyl groups is 6. The van der Waals surface area contributed by atoms with Crippen LogP contribution < -0.4 is 0 Å². The third-order valence-electron chi connectivity index (χ3n) is 9.12. The molecule has 0 amide bonds. The highest BCUT2D eigenvalue weighted by Gasteiger charge is 2.54. The first kappa shape index (κ1) is 44.5. The summed E-state index contributed by atoms with van der Waals surface area (Å²) < 4.78 is 121. The molecule has 8 unspecified atom stereocenters. The van der Waals surface area contributed by atoms with Gasteiger partial charge in [-0.1, -0.05) is 20.8 Å². The number of carbonyl (C=O) groups excluding carboxylic acids is 2.